The number of halogens is 1. The zero-order valence-corrected chi connectivity index (χ0v) is 19.6. The van der Waals surface area contributed by atoms with E-state index in [1.165, 1.54) is 6.08 Å². The average molecular weight is 487 g/mol. The van der Waals surface area contributed by atoms with Crippen molar-refractivity contribution in [3.8, 4) is 0 Å². The van der Waals surface area contributed by atoms with E-state index in [0.717, 1.165) is 24.2 Å². The monoisotopic (exact) mass is 486 g/mol. The van der Waals surface area contributed by atoms with Gasteiger partial charge in [0.2, 0.25) is 11.7 Å². The van der Waals surface area contributed by atoms with Crippen LogP contribution in [0.4, 0.5) is 17.2 Å². The Bertz CT molecular complexity index is 1450. The maximum atomic E-state index is 13.6. The molecule has 1 amide bonds. The second-order valence-corrected chi connectivity index (χ2v) is 8.67. The quantitative estimate of drug-likeness (QED) is 0.300. The maximum absolute atomic E-state index is 13.6. The van der Waals surface area contributed by atoms with Crippen molar-refractivity contribution in [2.45, 2.75) is 18.9 Å². The number of aromatic nitrogens is 3. The summed E-state index contributed by atoms with van der Waals surface area (Å²) in [6, 6.07) is 14.5. The number of nitrogens with zero attached hydrogens (tertiary/aromatic N) is 4. The van der Waals surface area contributed by atoms with Crippen LogP contribution in [0.5, 0.6) is 0 Å². The molecule has 4 aromatic rings. The predicted octanol–water partition coefficient (Wildman–Crippen LogP) is 4.79. The van der Waals surface area contributed by atoms with Crippen molar-refractivity contribution in [3.63, 3.8) is 0 Å². The van der Waals surface area contributed by atoms with Crippen LogP contribution in [-0.4, -0.2) is 37.5 Å². The number of nitrogens with one attached hydrogen (secondary N) is 1. The van der Waals surface area contributed by atoms with Gasteiger partial charge in [-0.15, -0.1) is 0 Å². The minimum Gasteiger partial charge on any atom is -0.382 e. The lowest BCUT2D eigenvalue weighted by Crippen LogP contribution is -2.29. The van der Waals surface area contributed by atoms with Gasteiger partial charge in [0, 0.05) is 35.9 Å². The number of benzene rings is 2. The minimum absolute atomic E-state index is 0.147. The molecule has 0 bridgehead atoms. The summed E-state index contributed by atoms with van der Waals surface area (Å²) in [4.78, 5) is 36.6. The number of likely N-dealkylation sites (tertiary alicyclic amines) is 1. The molecule has 0 unspecified atom stereocenters. The summed E-state index contributed by atoms with van der Waals surface area (Å²) in [5.74, 6) is 0.185. The van der Waals surface area contributed by atoms with Gasteiger partial charge < -0.3 is 16.0 Å². The molecule has 5 rings (SSSR count). The third kappa shape index (κ3) is 4.13. The number of imidazole rings is 1. The number of fused-ring (bicyclic) bond motifs is 1. The van der Waals surface area contributed by atoms with Crippen molar-refractivity contribution in [2.24, 2.45) is 0 Å². The summed E-state index contributed by atoms with van der Waals surface area (Å²) < 4.78 is 1.74. The molecule has 176 valence electrons. The molecule has 0 radical (unpaired) electrons. The van der Waals surface area contributed by atoms with E-state index in [4.69, 9.17) is 22.3 Å². The summed E-state index contributed by atoms with van der Waals surface area (Å²) in [7, 11) is 0. The third-order valence-electron chi connectivity index (χ3n) is 6.11. The smallest absolute Gasteiger partial charge is 0.246 e. The molecule has 3 heterocycles. The number of nitrogens with two attached hydrogens (primary N) is 1. The summed E-state index contributed by atoms with van der Waals surface area (Å²) in [6.45, 7) is 4.20. The maximum Gasteiger partial charge on any atom is 0.246 e. The van der Waals surface area contributed by atoms with E-state index in [2.05, 4.69) is 16.9 Å². The minimum atomic E-state index is -0.371. The first-order valence-electron chi connectivity index (χ1n) is 11.2. The lowest BCUT2D eigenvalue weighted by molar-refractivity contribution is -0.127. The predicted molar refractivity (Wildman–Crippen MR) is 136 cm³/mol. The fourth-order valence-electron chi connectivity index (χ4n) is 4.49. The molecule has 0 aliphatic carbocycles. The van der Waals surface area contributed by atoms with E-state index in [9.17, 15) is 9.59 Å². The Kier molecular flexibility index (Phi) is 5.96. The molecule has 8 nitrogen and oxygen atoms in total. The van der Waals surface area contributed by atoms with E-state index in [-0.39, 0.29) is 34.3 Å². The molecule has 0 spiro atoms. The van der Waals surface area contributed by atoms with Gasteiger partial charge in [0.05, 0.1) is 11.1 Å². The molecular weight excluding hydrogens is 464 g/mol. The van der Waals surface area contributed by atoms with Crippen molar-refractivity contribution in [2.75, 3.05) is 17.6 Å². The number of amides is 1. The van der Waals surface area contributed by atoms with E-state index >= 15 is 0 Å². The van der Waals surface area contributed by atoms with E-state index < -0.39 is 0 Å². The summed E-state index contributed by atoms with van der Waals surface area (Å²) in [5, 5.41) is 3.54. The van der Waals surface area contributed by atoms with Crippen molar-refractivity contribution < 1.29 is 9.59 Å². The highest BCUT2D eigenvalue weighted by Crippen LogP contribution is 2.35. The highest BCUT2D eigenvalue weighted by atomic mass is 35.5. The molecule has 2 aromatic carbocycles. The normalized spacial score (nSPS) is 15.3. The van der Waals surface area contributed by atoms with Crippen LogP contribution in [-0.2, 0) is 4.79 Å². The summed E-state index contributed by atoms with van der Waals surface area (Å²) >= 11 is 6.54. The Morgan fingerprint density at radius 3 is 2.71 bits per heavy atom. The standard InChI is InChI=1S/C26H23ClN6O2/c1-2-21(34)32-13-6-9-20(32)26-31-22(23-25(28)29-12-14-33(23)26)24(35)18-11-10-17(15-19(18)27)30-16-7-4-3-5-8-16/h2-5,7-8,10-12,14-15,20,30H,1,6,9,13H2,(H2,28,29)/t20-/m0/s1. The van der Waals surface area contributed by atoms with Crippen LogP contribution in [0.15, 0.2) is 73.6 Å². The van der Waals surface area contributed by atoms with Gasteiger partial charge in [-0.25, -0.2) is 9.97 Å². The first-order valence-corrected chi connectivity index (χ1v) is 11.6. The van der Waals surface area contributed by atoms with Gasteiger partial charge in [0.15, 0.2) is 0 Å². The first kappa shape index (κ1) is 22.6. The van der Waals surface area contributed by atoms with Gasteiger partial charge in [-0.2, -0.15) is 0 Å². The van der Waals surface area contributed by atoms with Crippen molar-refractivity contribution >= 4 is 46.0 Å². The molecule has 0 saturated carbocycles. The largest absolute Gasteiger partial charge is 0.382 e. The van der Waals surface area contributed by atoms with Crippen LogP contribution >= 0.6 is 11.6 Å². The number of anilines is 3. The third-order valence-corrected chi connectivity index (χ3v) is 6.42. The fourth-order valence-corrected chi connectivity index (χ4v) is 4.76. The van der Waals surface area contributed by atoms with Crippen LogP contribution < -0.4 is 11.1 Å². The van der Waals surface area contributed by atoms with Gasteiger partial charge in [0.1, 0.15) is 22.9 Å². The number of para-hydroxylation sites is 1. The van der Waals surface area contributed by atoms with E-state index in [1.807, 2.05) is 30.3 Å². The second-order valence-electron chi connectivity index (χ2n) is 8.26. The lowest BCUT2D eigenvalue weighted by Gasteiger charge is -2.22. The molecule has 35 heavy (non-hydrogen) atoms. The number of carbonyl (C=O) groups excluding carboxylic acids is 2. The summed E-state index contributed by atoms with van der Waals surface area (Å²) in [5.41, 5.74) is 8.68. The molecule has 1 aliphatic rings. The van der Waals surface area contributed by atoms with E-state index in [1.54, 1.807) is 39.9 Å². The van der Waals surface area contributed by atoms with Gasteiger partial charge >= 0.3 is 0 Å². The lowest BCUT2D eigenvalue weighted by atomic mass is 10.1. The average Bonchev–Trinajstić information content (AvgIpc) is 3.49. The van der Waals surface area contributed by atoms with Crippen LogP contribution in [0.3, 0.4) is 0 Å². The molecular formula is C26H23ClN6O2. The number of carbonyl (C=O) groups is 2. The summed E-state index contributed by atoms with van der Waals surface area (Å²) in [6.07, 6.45) is 6.09. The van der Waals surface area contributed by atoms with Gasteiger partial charge in [0.25, 0.3) is 0 Å². The Balaban J connectivity index is 1.54. The molecule has 1 fully saturated rings. The van der Waals surface area contributed by atoms with Crippen LogP contribution in [0, 0.1) is 0 Å². The number of ketones is 1. The zero-order valence-electron chi connectivity index (χ0n) is 18.8. The highest BCUT2D eigenvalue weighted by molar-refractivity contribution is 6.35. The molecule has 1 aliphatic heterocycles. The first-order chi connectivity index (χ1) is 17.0. The van der Waals surface area contributed by atoms with Gasteiger partial charge in [-0.1, -0.05) is 36.4 Å². The number of hydrogen-bond donors (Lipinski definition) is 2. The van der Waals surface area contributed by atoms with Crippen molar-refractivity contribution in [1.82, 2.24) is 19.3 Å². The Morgan fingerprint density at radius 2 is 1.97 bits per heavy atom. The highest BCUT2D eigenvalue weighted by Gasteiger charge is 2.34. The Labute approximate surface area is 207 Å². The molecule has 1 saturated heterocycles. The second kappa shape index (κ2) is 9.23. The van der Waals surface area contributed by atoms with Crippen molar-refractivity contribution in [3.05, 3.63) is 95.7 Å². The molecule has 1 atom stereocenters. The van der Waals surface area contributed by atoms with Gasteiger partial charge in [-0.05, 0) is 49.2 Å². The number of hydrogen-bond acceptors (Lipinski definition) is 6. The number of rotatable bonds is 6. The van der Waals surface area contributed by atoms with Gasteiger partial charge in [-0.3, -0.25) is 14.0 Å². The molecule has 2 aromatic heterocycles. The fraction of sp³-hybridized carbons (Fsp3) is 0.154. The topological polar surface area (TPSA) is 106 Å². The van der Waals surface area contributed by atoms with Crippen molar-refractivity contribution in [1.29, 1.82) is 0 Å². The zero-order chi connectivity index (χ0) is 24.5. The molecule has 3 N–H and O–H groups in total. The van der Waals surface area contributed by atoms with E-state index in [0.29, 0.717) is 23.4 Å². The van der Waals surface area contributed by atoms with Crippen LogP contribution in [0.25, 0.3) is 5.52 Å². The van der Waals surface area contributed by atoms with Crippen LogP contribution in [0.2, 0.25) is 5.02 Å². The Hall–Kier alpha value is -4.17. The SMILES string of the molecule is C=CC(=O)N1CCC[C@H]1c1nc(C(=O)c2ccc(Nc3ccccc3)cc2Cl)c2c(N)nccn12. The molecule has 9 heteroatoms. The van der Waals surface area contributed by atoms with Crippen LogP contribution in [0.1, 0.15) is 40.8 Å². The Morgan fingerprint density at radius 1 is 1.17 bits per heavy atom. The number of nitrogen functional groups attached to an aromatic ring is 1.